The van der Waals surface area contributed by atoms with Crippen molar-refractivity contribution in [2.75, 3.05) is 0 Å². The Morgan fingerprint density at radius 1 is 1.20 bits per heavy atom. The average Bonchev–Trinajstić information content (AvgIpc) is 2.30. The quantitative estimate of drug-likeness (QED) is 0.805. The van der Waals surface area contributed by atoms with Gasteiger partial charge in [0.15, 0.2) is 0 Å². The summed E-state index contributed by atoms with van der Waals surface area (Å²) >= 11 is 0. The highest BCUT2D eigenvalue weighted by molar-refractivity contribution is 5.62. The van der Waals surface area contributed by atoms with Gasteiger partial charge in [0.1, 0.15) is 0 Å². The van der Waals surface area contributed by atoms with E-state index in [9.17, 15) is 0 Å². The molecule has 1 aromatic heterocycles. The van der Waals surface area contributed by atoms with Crippen LogP contribution in [-0.2, 0) is 6.54 Å². The van der Waals surface area contributed by atoms with E-state index in [2.05, 4.69) is 30.1 Å². The van der Waals surface area contributed by atoms with Gasteiger partial charge in [-0.25, -0.2) is 0 Å². The molecule has 0 aliphatic rings. The second-order valence-electron chi connectivity index (χ2n) is 3.58. The van der Waals surface area contributed by atoms with Crippen molar-refractivity contribution in [1.82, 2.24) is 4.98 Å². The maximum atomic E-state index is 5.57. The fraction of sp³-hybridized carbons (Fsp3) is 0.154. The highest BCUT2D eigenvalue weighted by Crippen LogP contribution is 2.20. The van der Waals surface area contributed by atoms with E-state index in [0.717, 1.165) is 16.8 Å². The maximum absolute atomic E-state index is 5.57. The third-order valence-corrected chi connectivity index (χ3v) is 2.42. The molecule has 0 atom stereocenters. The lowest BCUT2D eigenvalue weighted by Gasteiger charge is -2.06. The summed E-state index contributed by atoms with van der Waals surface area (Å²) in [4.78, 5) is 4.44. The van der Waals surface area contributed by atoms with Crippen molar-refractivity contribution >= 4 is 0 Å². The molecule has 0 bridgehead atoms. The van der Waals surface area contributed by atoms with Crippen LogP contribution in [0.2, 0.25) is 0 Å². The highest BCUT2D eigenvalue weighted by atomic mass is 14.7. The maximum Gasteiger partial charge on any atom is 0.0731 e. The number of nitrogens with two attached hydrogens (primary N) is 1. The third-order valence-electron chi connectivity index (χ3n) is 2.42. The first-order valence-corrected chi connectivity index (χ1v) is 5.02. The van der Waals surface area contributed by atoms with Crippen molar-refractivity contribution in [3.8, 4) is 11.3 Å². The summed E-state index contributed by atoms with van der Waals surface area (Å²) in [7, 11) is 0. The predicted molar refractivity (Wildman–Crippen MR) is 62.3 cm³/mol. The minimum absolute atomic E-state index is 0.545. The number of pyridine rings is 1. The number of rotatable bonds is 2. The molecule has 0 radical (unpaired) electrons. The molecule has 2 heteroatoms. The Morgan fingerprint density at radius 3 is 2.53 bits per heavy atom. The lowest BCUT2D eigenvalue weighted by molar-refractivity contribution is 1.04. The Kier molecular flexibility index (Phi) is 2.79. The fourth-order valence-electron chi connectivity index (χ4n) is 1.64. The zero-order valence-electron chi connectivity index (χ0n) is 8.77. The monoisotopic (exact) mass is 198 g/mol. The lowest BCUT2D eigenvalue weighted by Crippen LogP contribution is -1.99. The molecule has 0 spiro atoms. The lowest BCUT2D eigenvalue weighted by atomic mass is 10.1. The van der Waals surface area contributed by atoms with E-state index >= 15 is 0 Å². The Morgan fingerprint density at radius 2 is 1.93 bits per heavy atom. The van der Waals surface area contributed by atoms with Gasteiger partial charge in [0.25, 0.3) is 0 Å². The van der Waals surface area contributed by atoms with Gasteiger partial charge in [0, 0.05) is 18.3 Å². The van der Waals surface area contributed by atoms with E-state index in [-0.39, 0.29) is 0 Å². The van der Waals surface area contributed by atoms with Crippen molar-refractivity contribution in [1.29, 1.82) is 0 Å². The highest BCUT2D eigenvalue weighted by Gasteiger charge is 2.02. The molecule has 0 aliphatic carbocycles. The normalized spacial score (nSPS) is 10.3. The molecule has 2 N–H and O–H groups in total. The van der Waals surface area contributed by atoms with Crippen LogP contribution in [0.1, 0.15) is 11.1 Å². The second-order valence-corrected chi connectivity index (χ2v) is 3.58. The van der Waals surface area contributed by atoms with Gasteiger partial charge in [0.2, 0.25) is 0 Å². The van der Waals surface area contributed by atoms with Gasteiger partial charge < -0.3 is 5.73 Å². The first-order valence-electron chi connectivity index (χ1n) is 5.02. The molecule has 0 saturated heterocycles. The van der Waals surface area contributed by atoms with Crippen LogP contribution in [-0.4, -0.2) is 4.98 Å². The second kappa shape index (κ2) is 4.24. The SMILES string of the molecule is Cc1cc(CN)cnc1-c1ccccc1. The van der Waals surface area contributed by atoms with E-state index in [1.807, 2.05) is 24.4 Å². The van der Waals surface area contributed by atoms with Crippen LogP contribution in [0.25, 0.3) is 11.3 Å². The summed E-state index contributed by atoms with van der Waals surface area (Å²) in [6.45, 7) is 2.61. The standard InChI is InChI=1S/C13H14N2/c1-10-7-11(8-14)9-15-13(10)12-5-3-2-4-6-12/h2-7,9H,8,14H2,1H3. The molecule has 15 heavy (non-hydrogen) atoms. The first-order chi connectivity index (χ1) is 7.31. The molecule has 2 rings (SSSR count). The summed E-state index contributed by atoms with van der Waals surface area (Å²) in [5.41, 5.74) is 10.0. The number of aromatic nitrogens is 1. The van der Waals surface area contributed by atoms with Crippen LogP contribution in [0.15, 0.2) is 42.6 Å². The molecular formula is C13H14N2. The molecule has 0 unspecified atom stereocenters. The summed E-state index contributed by atoms with van der Waals surface area (Å²) in [5, 5.41) is 0. The van der Waals surface area contributed by atoms with E-state index in [1.54, 1.807) is 0 Å². The molecule has 1 heterocycles. The topological polar surface area (TPSA) is 38.9 Å². The van der Waals surface area contributed by atoms with Crippen molar-refractivity contribution in [3.05, 3.63) is 53.7 Å². The van der Waals surface area contributed by atoms with E-state index in [4.69, 9.17) is 5.73 Å². The predicted octanol–water partition coefficient (Wildman–Crippen LogP) is 2.52. The van der Waals surface area contributed by atoms with Crippen LogP contribution in [0.3, 0.4) is 0 Å². The Labute approximate surface area is 89.8 Å². The van der Waals surface area contributed by atoms with Crippen LogP contribution < -0.4 is 5.73 Å². The molecule has 0 aliphatic heterocycles. The fourth-order valence-corrected chi connectivity index (χ4v) is 1.64. The van der Waals surface area contributed by atoms with Gasteiger partial charge in [-0.1, -0.05) is 36.4 Å². The Bertz CT molecular complexity index is 449. The average molecular weight is 198 g/mol. The van der Waals surface area contributed by atoms with Gasteiger partial charge in [-0.05, 0) is 18.1 Å². The first kappa shape index (κ1) is 9.87. The number of benzene rings is 1. The van der Waals surface area contributed by atoms with E-state index < -0.39 is 0 Å². The summed E-state index contributed by atoms with van der Waals surface area (Å²) in [5.74, 6) is 0. The van der Waals surface area contributed by atoms with Crippen LogP contribution >= 0.6 is 0 Å². The summed E-state index contributed by atoms with van der Waals surface area (Å²) in [6.07, 6.45) is 1.84. The Hall–Kier alpha value is -1.67. The minimum Gasteiger partial charge on any atom is -0.326 e. The van der Waals surface area contributed by atoms with E-state index in [0.29, 0.717) is 6.54 Å². The third kappa shape index (κ3) is 2.05. The van der Waals surface area contributed by atoms with Crippen molar-refractivity contribution in [2.24, 2.45) is 5.73 Å². The van der Waals surface area contributed by atoms with Gasteiger partial charge >= 0.3 is 0 Å². The largest absolute Gasteiger partial charge is 0.326 e. The van der Waals surface area contributed by atoms with Crippen molar-refractivity contribution in [2.45, 2.75) is 13.5 Å². The number of nitrogens with zero attached hydrogens (tertiary/aromatic N) is 1. The molecule has 76 valence electrons. The summed E-state index contributed by atoms with van der Waals surface area (Å²) in [6, 6.07) is 12.3. The zero-order valence-corrected chi connectivity index (χ0v) is 8.77. The molecule has 1 aromatic carbocycles. The minimum atomic E-state index is 0.545. The van der Waals surface area contributed by atoms with Crippen LogP contribution in [0.4, 0.5) is 0 Å². The number of hydrogen-bond donors (Lipinski definition) is 1. The zero-order chi connectivity index (χ0) is 10.7. The Balaban J connectivity index is 2.46. The van der Waals surface area contributed by atoms with Crippen LogP contribution in [0, 0.1) is 6.92 Å². The number of aryl methyl sites for hydroxylation is 1. The van der Waals surface area contributed by atoms with Gasteiger partial charge in [0.05, 0.1) is 5.69 Å². The van der Waals surface area contributed by atoms with Crippen molar-refractivity contribution < 1.29 is 0 Å². The van der Waals surface area contributed by atoms with Gasteiger partial charge in [-0.15, -0.1) is 0 Å². The van der Waals surface area contributed by atoms with Crippen molar-refractivity contribution in [3.63, 3.8) is 0 Å². The van der Waals surface area contributed by atoms with E-state index in [1.165, 1.54) is 5.56 Å². The molecular weight excluding hydrogens is 184 g/mol. The molecule has 0 saturated carbocycles. The molecule has 0 fully saturated rings. The van der Waals surface area contributed by atoms with Crippen LogP contribution in [0.5, 0.6) is 0 Å². The van der Waals surface area contributed by atoms with Gasteiger partial charge in [-0.2, -0.15) is 0 Å². The smallest absolute Gasteiger partial charge is 0.0731 e. The summed E-state index contributed by atoms with van der Waals surface area (Å²) < 4.78 is 0. The molecule has 2 nitrogen and oxygen atoms in total. The molecule has 0 amide bonds. The number of hydrogen-bond acceptors (Lipinski definition) is 2. The van der Waals surface area contributed by atoms with Gasteiger partial charge in [-0.3, -0.25) is 4.98 Å². The molecule has 2 aromatic rings.